The van der Waals surface area contributed by atoms with Crippen LogP contribution in [0.25, 0.3) is 0 Å². The Labute approximate surface area is 129 Å². The molecule has 1 aliphatic rings. The molecule has 1 aromatic carbocycles. The second-order valence-corrected chi connectivity index (χ2v) is 5.74. The zero-order chi connectivity index (χ0) is 15.2. The van der Waals surface area contributed by atoms with Crippen LogP contribution in [-0.2, 0) is 13.0 Å². The molecule has 0 aliphatic heterocycles. The maximum Gasteiger partial charge on any atom is 0.342 e. The fourth-order valence-electron chi connectivity index (χ4n) is 3.20. The molecule has 0 bridgehead atoms. The van der Waals surface area contributed by atoms with Crippen molar-refractivity contribution in [3.63, 3.8) is 0 Å². The smallest absolute Gasteiger partial charge is 0.342 e. The molecular weight excluding hydrogens is 280 g/mol. The van der Waals surface area contributed by atoms with Crippen LogP contribution < -0.4 is 4.68 Å². The zero-order valence-corrected chi connectivity index (χ0v) is 12.5. The van der Waals surface area contributed by atoms with Gasteiger partial charge in [-0.25, -0.2) is 5.28 Å². The molecule has 0 saturated heterocycles. The van der Waals surface area contributed by atoms with Gasteiger partial charge in [-0.1, -0.05) is 49.6 Å². The summed E-state index contributed by atoms with van der Waals surface area (Å²) in [5, 5.41) is 20.8. The molecule has 0 unspecified atom stereocenters. The van der Waals surface area contributed by atoms with Crippen molar-refractivity contribution in [3.8, 4) is 0 Å². The van der Waals surface area contributed by atoms with E-state index in [-0.39, 0.29) is 5.88 Å². The van der Waals surface area contributed by atoms with Gasteiger partial charge in [-0.2, -0.15) is 0 Å². The van der Waals surface area contributed by atoms with Crippen molar-refractivity contribution in [1.82, 2.24) is 5.27 Å². The van der Waals surface area contributed by atoms with E-state index in [9.17, 15) is 5.21 Å². The molecule has 6 nitrogen and oxygen atoms in total. The van der Waals surface area contributed by atoms with Gasteiger partial charge in [0.05, 0.1) is 5.92 Å². The minimum Gasteiger partial charge on any atom is -0.775 e. The molecule has 0 radical (unpaired) electrons. The van der Waals surface area contributed by atoms with Crippen LogP contribution in [0.2, 0.25) is 0 Å². The number of nitrogens with zero attached hydrogens (tertiary/aromatic N) is 4. The third-order valence-electron chi connectivity index (χ3n) is 4.30. The number of hydrogen-bond donors (Lipinski definition) is 0. The van der Waals surface area contributed by atoms with E-state index in [0.29, 0.717) is 12.5 Å². The predicted molar refractivity (Wildman–Crippen MR) is 80.6 cm³/mol. The average Bonchev–Trinajstić information content (AvgIpc) is 2.98. The van der Waals surface area contributed by atoms with Gasteiger partial charge >= 0.3 is 5.88 Å². The summed E-state index contributed by atoms with van der Waals surface area (Å²) < 4.78 is 7.08. The van der Waals surface area contributed by atoms with Crippen LogP contribution in [0.4, 0.5) is 5.88 Å². The van der Waals surface area contributed by atoms with Crippen molar-refractivity contribution in [3.05, 3.63) is 46.8 Å². The first-order valence-electron chi connectivity index (χ1n) is 7.85. The quantitative estimate of drug-likeness (QED) is 0.478. The third kappa shape index (κ3) is 3.32. The SMILES string of the molecule is [O-]/N=N/c1on[n+](CCc2ccccc2)c1C1CCCCC1. The fourth-order valence-corrected chi connectivity index (χ4v) is 3.20. The first-order valence-corrected chi connectivity index (χ1v) is 7.85. The topological polar surface area (TPSA) is 77.7 Å². The van der Waals surface area contributed by atoms with Crippen molar-refractivity contribution in [1.29, 1.82) is 0 Å². The standard InChI is InChI=1S/C16H20N4O2/c21-18-17-16-15(14-9-5-2-6-10-14)20(19-22-16)12-11-13-7-3-1-4-8-13/h1,3-4,7-8,14H,2,5-6,9-12H2. The summed E-state index contributed by atoms with van der Waals surface area (Å²) in [6.07, 6.45) is 6.71. The summed E-state index contributed by atoms with van der Waals surface area (Å²) in [4.78, 5) is 0. The highest BCUT2D eigenvalue weighted by Gasteiger charge is 2.33. The Morgan fingerprint density at radius 1 is 1.18 bits per heavy atom. The third-order valence-corrected chi connectivity index (χ3v) is 4.30. The molecule has 1 aromatic heterocycles. The first-order chi connectivity index (χ1) is 10.9. The lowest BCUT2D eigenvalue weighted by molar-refractivity contribution is -0.768. The molecule has 1 saturated carbocycles. The maximum atomic E-state index is 10.5. The van der Waals surface area contributed by atoms with Gasteiger partial charge in [0.15, 0.2) is 6.54 Å². The van der Waals surface area contributed by atoms with E-state index in [0.717, 1.165) is 25.0 Å². The molecule has 1 aliphatic carbocycles. The Bertz CT molecular complexity index is 618. The molecule has 1 heterocycles. The Balaban J connectivity index is 1.80. The van der Waals surface area contributed by atoms with E-state index in [1.165, 1.54) is 24.8 Å². The summed E-state index contributed by atoms with van der Waals surface area (Å²) in [6.45, 7) is 0.716. The predicted octanol–water partition coefficient (Wildman–Crippen LogP) is 3.83. The number of aromatic nitrogens is 2. The second-order valence-electron chi connectivity index (χ2n) is 5.74. The van der Waals surface area contributed by atoms with Gasteiger partial charge < -0.3 is 5.21 Å². The highest BCUT2D eigenvalue weighted by atomic mass is 16.5. The Morgan fingerprint density at radius 2 is 1.95 bits per heavy atom. The van der Waals surface area contributed by atoms with Crippen LogP contribution in [0, 0.1) is 5.21 Å². The summed E-state index contributed by atoms with van der Waals surface area (Å²) in [5.74, 6) is 0.631. The van der Waals surface area contributed by atoms with E-state index < -0.39 is 0 Å². The normalized spacial score (nSPS) is 16.4. The second kappa shape index (κ2) is 7.15. The minimum absolute atomic E-state index is 0.273. The van der Waals surface area contributed by atoms with Crippen LogP contribution in [0.3, 0.4) is 0 Å². The molecule has 116 valence electrons. The lowest BCUT2D eigenvalue weighted by Crippen LogP contribution is -2.41. The molecule has 6 heteroatoms. The Hall–Kier alpha value is -2.24. The fraction of sp³-hybridized carbons (Fsp3) is 0.500. The lowest BCUT2D eigenvalue weighted by atomic mass is 9.87. The van der Waals surface area contributed by atoms with Gasteiger partial charge in [0.2, 0.25) is 5.27 Å². The summed E-state index contributed by atoms with van der Waals surface area (Å²) in [5.41, 5.74) is 2.18. The lowest BCUT2D eigenvalue weighted by Gasteiger charge is -2.17. The molecule has 0 spiro atoms. The monoisotopic (exact) mass is 300 g/mol. The van der Waals surface area contributed by atoms with Crippen molar-refractivity contribution < 1.29 is 9.20 Å². The van der Waals surface area contributed by atoms with Crippen molar-refractivity contribution >= 4 is 5.88 Å². The van der Waals surface area contributed by atoms with E-state index in [2.05, 4.69) is 27.8 Å². The van der Waals surface area contributed by atoms with Gasteiger partial charge in [-0.15, -0.1) is 5.11 Å². The van der Waals surface area contributed by atoms with Gasteiger partial charge in [0.1, 0.15) is 0 Å². The molecular formula is C16H20N4O2. The number of hydrogen-bond acceptors (Lipinski definition) is 5. The largest absolute Gasteiger partial charge is 0.775 e. The highest BCUT2D eigenvalue weighted by Crippen LogP contribution is 2.35. The molecule has 0 N–H and O–H groups in total. The number of rotatable bonds is 5. The van der Waals surface area contributed by atoms with E-state index >= 15 is 0 Å². The van der Waals surface area contributed by atoms with Crippen LogP contribution in [0.15, 0.2) is 45.2 Å². The van der Waals surface area contributed by atoms with E-state index in [1.807, 2.05) is 22.9 Å². The summed E-state index contributed by atoms with van der Waals surface area (Å²) in [6, 6.07) is 10.3. The van der Waals surface area contributed by atoms with E-state index in [4.69, 9.17) is 4.52 Å². The summed E-state index contributed by atoms with van der Waals surface area (Å²) in [7, 11) is 0. The minimum atomic E-state index is 0.273. The van der Waals surface area contributed by atoms with Gasteiger partial charge in [-0.05, 0) is 23.1 Å². The van der Waals surface area contributed by atoms with Crippen LogP contribution in [0.1, 0.15) is 49.3 Å². The summed E-state index contributed by atoms with van der Waals surface area (Å²) >= 11 is 0. The van der Waals surface area contributed by atoms with Crippen molar-refractivity contribution in [2.24, 2.45) is 10.4 Å². The molecule has 2 aromatic rings. The van der Waals surface area contributed by atoms with Gasteiger partial charge in [0.25, 0.3) is 5.69 Å². The van der Waals surface area contributed by atoms with Crippen LogP contribution in [0.5, 0.6) is 0 Å². The first kappa shape index (κ1) is 14.7. The zero-order valence-electron chi connectivity index (χ0n) is 12.5. The van der Waals surface area contributed by atoms with Crippen molar-refractivity contribution in [2.75, 3.05) is 0 Å². The molecule has 0 amide bonds. The van der Waals surface area contributed by atoms with Gasteiger partial charge in [-0.3, -0.25) is 4.52 Å². The molecule has 22 heavy (non-hydrogen) atoms. The van der Waals surface area contributed by atoms with E-state index in [1.54, 1.807) is 0 Å². The Kier molecular flexibility index (Phi) is 4.78. The number of aryl methyl sites for hydroxylation is 2. The highest BCUT2D eigenvalue weighted by molar-refractivity contribution is 5.27. The van der Waals surface area contributed by atoms with Crippen molar-refractivity contribution in [2.45, 2.75) is 51.0 Å². The Morgan fingerprint density at radius 3 is 2.68 bits per heavy atom. The molecule has 1 fully saturated rings. The van der Waals surface area contributed by atoms with Crippen LogP contribution in [-0.4, -0.2) is 5.27 Å². The molecule has 3 rings (SSSR count). The number of benzene rings is 1. The van der Waals surface area contributed by atoms with Gasteiger partial charge in [0, 0.05) is 6.42 Å². The van der Waals surface area contributed by atoms with Crippen LogP contribution >= 0.6 is 0 Å². The maximum absolute atomic E-state index is 10.5. The molecule has 0 atom stereocenters. The average molecular weight is 300 g/mol.